The van der Waals surface area contributed by atoms with E-state index in [0.29, 0.717) is 31.0 Å². The van der Waals surface area contributed by atoms with Crippen LogP contribution in [0.25, 0.3) is 0 Å². The molecule has 1 saturated heterocycles. The first kappa shape index (κ1) is 19.1. The zero-order valence-electron chi connectivity index (χ0n) is 15.3. The van der Waals surface area contributed by atoms with Crippen molar-refractivity contribution in [3.8, 4) is 5.75 Å². The third-order valence-corrected chi connectivity index (χ3v) is 5.55. The number of amides is 1. The smallest absolute Gasteiger partial charge is 0.225 e. The molecule has 1 unspecified atom stereocenters. The van der Waals surface area contributed by atoms with Crippen LogP contribution in [-0.2, 0) is 9.53 Å². The Bertz CT molecular complexity index is 611. The highest BCUT2D eigenvalue weighted by Crippen LogP contribution is 2.39. The van der Waals surface area contributed by atoms with Crippen LogP contribution in [0.5, 0.6) is 5.75 Å². The topological polar surface area (TPSA) is 73.6 Å². The minimum Gasteiger partial charge on any atom is -0.489 e. The quantitative estimate of drug-likeness (QED) is 0.775. The first-order valence-corrected chi connectivity index (χ1v) is 9.64. The number of benzene rings is 1. The van der Waals surface area contributed by atoms with E-state index in [0.717, 1.165) is 45.1 Å². The number of rotatable bonds is 7. The number of hydrogen-bond acceptors (Lipinski definition) is 4. The lowest BCUT2D eigenvalue weighted by atomic mass is 9.71. The van der Waals surface area contributed by atoms with Crippen molar-refractivity contribution < 1.29 is 18.7 Å². The summed E-state index contributed by atoms with van der Waals surface area (Å²) in [4.78, 5) is 12.6. The standard InChI is InChI=1S/C20H29FN2O3/c21-15-6-7-18(26-13-16-5-4-10-25-16)17(11-15)23-19(24)12-20(14-22)8-2-1-3-9-20/h6-7,11,16H,1-5,8-10,12-14,22H2,(H,23,24). The minimum atomic E-state index is -0.407. The average Bonchev–Trinajstić information content (AvgIpc) is 3.15. The maximum atomic E-state index is 13.7. The van der Waals surface area contributed by atoms with Gasteiger partial charge in [0.1, 0.15) is 18.2 Å². The van der Waals surface area contributed by atoms with Gasteiger partial charge in [-0.25, -0.2) is 4.39 Å². The Labute approximate surface area is 154 Å². The number of ether oxygens (including phenoxy) is 2. The molecular formula is C20H29FN2O3. The molecule has 1 aromatic carbocycles. The number of nitrogens with two attached hydrogens (primary N) is 1. The third-order valence-electron chi connectivity index (χ3n) is 5.55. The van der Waals surface area contributed by atoms with Gasteiger partial charge in [0.15, 0.2) is 0 Å². The van der Waals surface area contributed by atoms with Crippen LogP contribution in [0.3, 0.4) is 0 Å². The van der Waals surface area contributed by atoms with Gasteiger partial charge in [-0.1, -0.05) is 19.3 Å². The summed E-state index contributed by atoms with van der Waals surface area (Å²) in [5, 5.41) is 2.83. The SMILES string of the molecule is NCC1(CC(=O)Nc2cc(F)ccc2OCC2CCCO2)CCCCC1. The molecule has 1 heterocycles. The molecular weight excluding hydrogens is 335 g/mol. The second-order valence-corrected chi connectivity index (χ2v) is 7.58. The molecule has 26 heavy (non-hydrogen) atoms. The molecule has 0 aromatic heterocycles. The van der Waals surface area contributed by atoms with Gasteiger partial charge >= 0.3 is 0 Å². The van der Waals surface area contributed by atoms with E-state index >= 15 is 0 Å². The molecule has 1 atom stereocenters. The van der Waals surface area contributed by atoms with Crippen molar-refractivity contribution in [1.29, 1.82) is 0 Å². The highest BCUT2D eigenvalue weighted by molar-refractivity contribution is 5.92. The van der Waals surface area contributed by atoms with Gasteiger partial charge in [-0.05, 0) is 49.8 Å². The Morgan fingerprint density at radius 3 is 2.81 bits per heavy atom. The fourth-order valence-electron chi connectivity index (χ4n) is 3.97. The zero-order valence-corrected chi connectivity index (χ0v) is 15.3. The Balaban J connectivity index is 1.63. The Kier molecular flexibility index (Phi) is 6.48. The summed E-state index contributed by atoms with van der Waals surface area (Å²) >= 11 is 0. The van der Waals surface area contributed by atoms with E-state index in [1.807, 2.05) is 0 Å². The van der Waals surface area contributed by atoms with Gasteiger partial charge in [-0.15, -0.1) is 0 Å². The molecule has 2 fully saturated rings. The number of halogens is 1. The Hall–Kier alpha value is -1.66. The first-order valence-electron chi connectivity index (χ1n) is 9.64. The second kappa shape index (κ2) is 8.82. The van der Waals surface area contributed by atoms with Crippen molar-refractivity contribution in [3.63, 3.8) is 0 Å². The third kappa shape index (κ3) is 4.95. The van der Waals surface area contributed by atoms with Gasteiger partial charge < -0.3 is 20.5 Å². The Morgan fingerprint density at radius 1 is 1.31 bits per heavy atom. The number of carbonyl (C=O) groups is 1. The molecule has 2 aliphatic rings. The maximum Gasteiger partial charge on any atom is 0.225 e. The highest BCUT2D eigenvalue weighted by Gasteiger charge is 2.33. The van der Waals surface area contributed by atoms with Crippen molar-refractivity contribution in [2.24, 2.45) is 11.1 Å². The molecule has 5 nitrogen and oxygen atoms in total. The number of hydrogen-bond donors (Lipinski definition) is 2. The zero-order chi connectivity index (χ0) is 18.4. The van der Waals surface area contributed by atoms with Crippen LogP contribution in [0.4, 0.5) is 10.1 Å². The molecule has 3 rings (SSSR count). The van der Waals surface area contributed by atoms with Crippen LogP contribution in [0.15, 0.2) is 18.2 Å². The number of nitrogens with one attached hydrogen (secondary N) is 1. The van der Waals surface area contributed by atoms with Crippen molar-refractivity contribution >= 4 is 11.6 Å². The van der Waals surface area contributed by atoms with E-state index in [-0.39, 0.29) is 17.4 Å². The maximum absolute atomic E-state index is 13.7. The summed E-state index contributed by atoms with van der Waals surface area (Å²) in [5.41, 5.74) is 6.21. The fraction of sp³-hybridized carbons (Fsp3) is 0.650. The summed E-state index contributed by atoms with van der Waals surface area (Å²) in [6, 6.07) is 4.20. The first-order chi connectivity index (χ1) is 12.6. The van der Waals surface area contributed by atoms with Crippen molar-refractivity contribution in [2.75, 3.05) is 25.1 Å². The van der Waals surface area contributed by atoms with Gasteiger partial charge in [0.05, 0.1) is 11.8 Å². The summed E-state index contributed by atoms with van der Waals surface area (Å²) < 4.78 is 25.0. The Morgan fingerprint density at radius 2 is 2.12 bits per heavy atom. The van der Waals surface area contributed by atoms with Gasteiger partial charge in [0.2, 0.25) is 5.91 Å². The van der Waals surface area contributed by atoms with Gasteiger partial charge in [-0.3, -0.25) is 4.79 Å². The normalized spacial score (nSPS) is 22.2. The van der Waals surface area contributed by atoms with Gasteiger partial charge in [-0.2, -0.15) is 0 Å². The molecule has 1 aliphatic carbocycles. The summed E-state index contributed by atoms with van der Waals surface area (Å²) in [6.07, 6.45) is 7.79. The van der Waals surface area contributed by atoms with Crippen LogP contribution < -0.4 is 15.8 Å². The van der Waals surface area contributed by atoms with Crippen molar-refractivity contribution in [2.45, 2.75) is 57.5 Å². The van der Waals surface area contributed by atoms with E-state index in [2.05, 4.69) is 5.32 Å². The van der Waals surface area contributed by atoms with Crippen LogP contribution >= 0.6 is 0 Å². The molecule has 0 radical (unpaired) electrons. The second-order valence-electron chi connectivity index (χ2n) is 7.58. The van der Waals surface area contributed by atoms with E-state index in [1.54, 1.807) is 6.07 Å². The lowest BCUT2D eigenvalue weighted by molar-refractivity contribution is -0.118. The number of anilines is 1. The summed E-state index contributed by atoms with van der Waals surface area (Å²) in [6.45, 7) is 1.66. The van der Waals surface area contributed by atoms with Crippen LogP contribution in [0.1, 0.15) is 51.4 Å². The van der Waals surface area contributed by atoms with Gasteiger partial charge in [0, 0.05) is 19.1 Å². The molecule has 144 valence electrons. The molecule has 1 aromatic rings. The van der Waals surface area contributed by atoms with Crippen LogP contribution in [-0.4, -0.2) is 31.8 Å². The summed E-state index contributed by atoms with van der Waals surface area (Å²) in [5.74, 6) is -0.0680. The lowest BCUT2D eigenvalue weighted by Gasteiger charge is -2.35. The molecule has 3 N–H and O–H groups in total. The predicted octanol–water partition coefficient (Wildman–Crippen LogP) is 3.62. The average molecular weight is 364 g/mol. The molecule has 1 aliphatic heterocycles. The van der Waals surface area contributed by atoms with Gasteiger partial charge in [0.25, 0.3) is 0 Å². The molecule has 0 spiro atoms. The molecule has 1 saturated carbocycles. The largest absolute Gasteiger partial charge is 0.489 e. The monoisotopic (exact) mass is 364 g/mol. The van der Waals surface area contributed by atoms with E-state index < -0.39 is 5.82 Å². The highest BCUT2D eigenvalue weighted by atomic mass is 19.1. The van der Waals surface area contributed by atoms with Crippen molar-refractivity contribution in [1.82, 2.24) is 0 Å². The number of carbonyl (C=O) groups excluding carboxylic acids is 1. The van der Waals surface area contributed by atoms with E-state index in [9.17, 15) is 9.18 Å². The van der Waals surface area contributed by atoms with E-state index in [4.69, 9.17) is 15.2 Å². The lowest BCUT2D eigenvalue weighted by Crippen LogP contribution is -2.36. The fourth-order valence-corrected chi connectivity index (χ4v) is 3.97. The van der Waals surface area contributed by atoms with Crippen LogP contribution in [0.2, 0.25) is 0 Å². The minimum absolute atomic E-state index is 0.0614. The molecule has 1 amide bonds. The molecule has 6 heteroatoms. The van der Waals surface area contributed by atoms with Crippen molar-refractivity contribution in [3.05, 3.63) is 24.0 Å². The van der Waals surface area contributed by atoms with E-state index in [1.165, 1.54) is 18.6 Å². The van der Waals surface area contributed by atoms with Crippen LogP contribution in [0, 0.1) is 11.2 Å². The summed E-state index contributed by atoms with van der Waals surface area (Å²) in [7, 11) is 0. The molecule has 0 bridgehead atoms. The predicted molar refractivity (Wildman–Crippen MR) is 98.7 cm³/mol.